The van der Waals surface area contributed by atoms with E-state index in [0.29, 0.717) is 5.69 Å². The Morgan fingerprint density at radius 1 is 1.50 bits per heavy atom. The Kier molecular flexibility index (Phi) is 6.74. The maximum absolute atomic E-state index is 10.5. The van der Waals surface area contributed by atoms with Crippen LogP contribution in [-0.4, -0.2) is 4.92 Å². The van der Waals surface area contributed by atoms with Crippen molar-refractivity contribution in [1.82, 2.24) is 0 Å². The third-order valence-corrected chi connectivity index (χ3v) is 2.10. The molecule has 0 saturated heterocycles. The SMILES string of the molecule is [CH2-]CCC[CH-]c1cc([N+](=O)[O-])ccc1N.[Rh+2]. The monoisotopic (exact) mass is 309 g/mol. The van der Waals surface area contributed by atoms with Crippen molar-refractivity contribution in [1.29, 1.82) is 0 Å². The van der Waals surface area contributed by atoms with Crippen LogP contribution in [0.1, 0.15) is 24.8 Å². The van der Waals surface area contributed by atoms with Crippen LogP contribution in [0.5, 0.6) is 0 Å². The summed E-state index contributed by atoms with van der Waals surface area (Å²) in [6.45, 7) is 3.73. The number of rotatable bonds is 5. The molecule has 0 heterocycles. The van der Waals surface area contributed by atoms with E-state index in [1.165, 1.54) is 12.1 Å². The normalized spacial score (nSPS) is 9.31. The first kappa shape index (κ1) is 14.9. The number of nitrogens with zero attached hydrogens (tertiary/aromatic N) is 1. The van der Waals surface area contributed by atoms with E-state index < -0.39 is 4.92 Å². The Balaban J connectivity index is 0.00000225. The summed E-state index contributed by atoms with van der Waals surface area (Å²) in [5.74, 6) is 0. The molecule has 0 saturated carbocycles. The van der Waals surface area contributed by atoms with Gasteiger partial charge < -0.3 is 12.7 Å². The summed E-state index contributed by atoms with van der Waals surface area (Å²) >= 11 is 0. The minimum absolute atomic E-state index is 0. The zero-order chi connectivity index (χ0) is 11.3. The van der Waals surface area contributed by atoms with Gasteiger partial charge in [0.05, 0.1) is 0 Å². The molecule has 1 aromatic rings. The number of nitrogen functional groups attached to an aromatic ring is 1. The molecule has 16 heavy (non-hydrogen) atoms. The van der Waals surface area contributed by atoms with E-state index in [2.05, 4.69) is 6.92 Å². The van der Waals surface area contributed by atoms with Gasteiger partial charge >= 0.3 is 19.5 Å². The predicted octanol–water partition coefficient (Wildman–Crippen LogP) is 2.73. The largest absolute Gasteiger partial charge is 2.00 e. The van der Waals surface area contributed by atoms with E-state index in [0.717, 1.165) is 24.8 Å². The summed E-state index contributed by atoms with van der Waals surface area (Å²) in [6, 6.07) is 4.47. The predicted molar refractivity (Wildman–Crippen MR) is 60.1 cm³/mol. The first-order valence-corrected chi connectivity index (χ1v) is 4.81. The summed E-state index contributed by atoms with van der Waals surface area (Å²) in [7, 11) is 0. The molecule has 0 aliphatic carbocycles. The second kappa shape index (κ2) is 7.23. The number of nitro groups is 1. The average molecular weight is 309 g/mol. The summed E-state index contributed by atoms with van der Waals surface area (Å²) in [4.78, 5) is 10.1. The molecule has 0 aliphatic heterocycles. The van der Waals surface area contributed by atoms with Gasteiger partial charge in [0.2, 0.25) is 5.69 Å². The van der Waals surface area contributed by atoms with Gasteiger partial charge in [-0.1, -0.05) is 30.7 Å². The van der Waals surface area contributed by atoms with Gasteiger partial charge in [-0.05, 0) is 6.07 Å². The minimum atomic E-state index is -0.418. The van der Waals surface area contributed by atoms with Crippen LogP contribution in [-0.2, 0) is 19.5 Å². The third kappa shape index (κ3) is 4.19. The number of nitro benzene ring substituents is 1. The van der Waals surface area contributed by atoms with Gasteiger partial charge in [-0.3, -0.25) is 10.1 Å². The molecule has 1 aromatic carbocycles. The maximum atomic E-state index is 10.5. The van der Waals surface area contributed by atoms with Gasteiger partial charge in [0.25, 0.3) is 0 Å². The van der Waals surface area contributed by atoms with Crippen molar-refractivity contribution in [3.8, 4) is 0 Å². The Hall–Kier alpha value is -1.09. The van der Waals surface area contributed by atoms with Crippen LogP contribution in [0.3, 0.4) is 0 Å². The number of benzene rings is 1. The van der Waals surface area contributed by atoms with E-state index in [-0.39, 0.29) is 25.2 Å². The summed E-state index contributed by atoms with van der Waals surface area (Å²) in [6.07, 6.45) is 4.57. The quantitative estimate of drug-likeness (QED) is 0.227. The molecule has 0 fully saturated rings. The van der Waals surface area contributed by atoms with Gasteiger partial charge in [0.15, 0.2) is 0 Å². The van der Waals surface area contributed by atoms with Gasteiger partial charge in [-0.15, -0.1) is 0 Å². The number of hydrogen-bond donors (Lipinski definition) is 1. The van der Waals surface area contributed by atoms with Crippen LogP contribution in [0, 0.1) is 23.5 Å². The molecule has 0 bridgehead atoms. The van der Waals surface area contributed by atoms with E-state index in [9.17, 15) is 10.1 Å². The molecule has 1 rings (SSSR count). The number of hydrogen-bond acceptors (Lipinski definition) is 3. The van der Waals surface area contributed by atoms with Crippen LogP contribution in [0.25, 0.3) is 0 Å². The first-order chi connectivity index (χ1) is 7.15. The second-order valence-corrected chi connectivity index (χ2v) is 3.27. The molecule has 0 aliphatic rings. The second-order valence-electron chi connectivity index (χ2n) is 3.27. The van der Waals surface area contributed by atoms with Crippen LogP contribution >= 0.6 is 0 Å². The molecule has 0 amide bonds. The number of non-ortho nitro benzene ring substituents is 1. The van der Waals surface area contributed by atoms with Crippen LogP contribution in [0.4, 0.5) is 11.4 Å². The molecule has 1 radical (unpaired) electrons. The van der Waals surface area contributed by atoms with Crippen molar-refractivity contribution in [2.24, 2.45) is 0 Å². The van der Waals surface area contributed by atoms with Crippen LogP contribution in [0.2, 0.25) is 0 Å². The molecular weight excluding hydrogens is 295 g/mol. The van der Waals surface area contributed by atoms with Crippen molar-refractivity contribution in [3.63, 3.8) is 0 Å². The number of anilines is 1. The summed E-state index contributed by atoms with van der Waals surface area (Å²) < 4.78 is 0. The molecule has 4 nitrogen and oxygen atoms in total. The maximum Gasteiger partial charge on any atom is 2.00 e. The topological polar surface area (TPSA) is 69.2 Å². The molecule has 5 heteroatoms. The van der Waals surface area contributed by atoms with Gasteiger partial charge in [-0.25, -0.2) is 0 Å². The Morgan fingerprint density at radius 2 is 2.19 bits per heavy atom. The molecule has 2 N–H and O–H groups in total. The molecule has 0 spiro atoms. The van der Waals surface area contributed by atoms with Crippen molar-refractivity contribution < 1.29 is 24.4 Å². The van der Waals surface area contributed by atoms with Crippen molar-refractivity contribution in [2.45, 2.75) is 19.3 Å². The van der Waals surface area contributed by atoms with Crippen LogP contribution < -0.4 is 5.73 Å². The fourth-order valence-corrected chi connectivity index (χ4v) is 1.25. The minimum Gasteiger partial charge on any atom is -0.449 e. The molecule has 0 aromatic heterocycles. The fourth-order valence-electron chi connectivity index (χ4n) is 1.25. The van der Waals surface area contributed by atoms with E-state index >= 15 is 0 Å². The van der Waals surface area contributed by atoms with E-state index in [4.69, 9.17) is 5.73 Å². The smallest absolute Gasteiger partial charge is 0.449 e. The number of nitrogens with two attached hydrogens (primary N) is 1. The standard InChI is InChI=1S/C11H14N2O2.Rh/c1-2-3-4-5-9-8-10(13(14)15)6-7-11(9)12;/h5-8H,1-4,12H2;/q-2;+2. The van der Waals surface area contributed by atoms with E-state index in [1.807, 2.05) is 6.42 Å². The van der Waals surface area contributed by atoms with Crippen molar-refractivity contribution >= 4 is 11.4 Å². The van der Waals surface area contributed by atoms with Crippen molar-refractivity contribution in [3.05, 3.63) is 47.2 Å². The fraction of sp³-hybridized carbons (Fsp3) is 0.273. The summed E-state index contributed by atoms with van der Waals surface area (Å²) in [5.41, 5.74) is 7.08. The van der Waals surface area contributed by atoms with Crippen LogP contribution in [0.15, 0.2) is 18.2 Å². The molecule has 0 atom stereocenters. The average Bonchev–Trinajstić information content (AvgIpc) is 2.20. The zero-order valence-corrected chi connectivity index (χ0v) is 10.5. The van der Waals surface area contributed by atoms with Gasteiger partial charge in [0.1, 0.15) is 0 Å². The van der Waals surface area contributed by atoms with Crippen molar-refractivity contribution in [2.75, 3.05) is 5.73 Å². The number of unbranched alkanes of at least 4 members (excludes halogenated alkanes) is 2. The Bertz CT molecular complexity index is 356. The first-order valence-electron chi connectivity index (χ1n) is 4.81. The molecule has 89 valence electrons. The van der Waals surface area contributed by atoms with Gasteiger partial charge in [0, 0.05) is 4.92 Å². The molecular formula is C11H14N2O2Rh. The van der Waals surface area contributed by atoms with E-state index in [1.54, 1.807) is 6.07 Å². The van der Waals surface area contributed by atoms with Gasteiger partial charge in [-0.2, -0.15) is 18.4 Å². The third-order valence-electron chi connectivity index (χ3n) is 2.10. The Morgan fingerprint density at radius 3 is 2.75 bits per heavy atom. The zero-order valence-electron chi connectivity index (χ0n) is 8.81. The Labute approximate surface area is 108 Å². The summed E-state index contributed by atoms with van der Waals surface area (Å²) in [5, 5.41) is 10.5. The molecule has 0 unspecified atom stereocenters.